The molecule has 0 aliphatic carbocycles. The maximum absolute atomic E-state index is 14.6. The number of benzene rings is 1. The number of carbonyl (C=O) groups excluding carboxylic acids is 6. The number of anilines is 4. The fourth-order valence-corrected chi connectivity index (χ4v) is 10.6. The third-order valence-electron chi connectivity index (χ3n) is 14.3. The van der Waals surface area contributed by atoms with Crippen molar-refractivity contribution in [3.63, 3.8) is 0 Å². The van der Waals surface area contributed by atoms with E-state index >= 15 is 0 Å². The molecule has 1 fully saturated rings. The number of para-hydroxylation sites is 1. The van der Waals surface area contributed by atoms with Crippen molar-refractivity contribution in [3.8, 4) is 0 Å². The summed E-state index contributed by atoms with van der Waals surface area (Å²) in [5, 5.41) is 21.1. The van der Waals surface area contributed by atoms with Gasteiger partial charge < -0.3 is 45.6 Å². The number of nitrogens with zero attached hydrogens (tertiary/aromatic N) is 9. The maximum Gasteiger partial charge on any atom is 0.267 e. The highest BCUT2D eigenvalue weighted by atomic mass is 35.5. The highest BCUT2D eigenvalue weighted by Gasteiger charge is 2.41. The summed E-state index contributed by atoms with van der Waals surface area (Å²) in [6, 6.07) is 3.83. The summed E-state index contributed by atoms with van der Waals surface area (Å²) in [4.78, 5) is 107. The normalized spacial score (nSPS) is 15.4. The third kappa shape index (κ3) is 18.6. The molecule has 0 saturated carbocycles. The van der Waals surface area contributed by atoms with Crippen molar-refractivity contribution in [1.82, 2.24) is 44.8 Å². The molecule has 4 rings (SSSR count). The van der Waals surface area contributed by atoms with Gasteiger partial charge in [0, 0.05) is 72.9 Å². The van der Waals surface area contributed by atoms with Crippen LogP contribution in [0.25, 0.3) is 0 Å². The molecule has 2 aromatic heterocycles. The molecule has 21 heteroatoms. The summed E-state index contributed by atoms with van der Waals surface area (Å²) < 4.78 is 0. The number of aliphatic hydroxyl groups excluding tert-OH is 1. The second-order valence-electron chi connectivity index (χ2n) is 22.1. The zero-order valence-electron chi connectivity index (χ0n) is 48.5. The number of likely N-dealkylation sites (N-methyl/N-ethyl adjacent to an activating group) is 4. The second-order valence-corrected chi connectivity index (χ2v) is 23.6. The van der Waals surface area contributed by atoms with Gasteiger partial charge in [0.1, 0.15) is 46.5 Å². The standard InChI is InChI=1S/C56H89ClN12O7S/c1-16-37(8)50(71)59-39(10)52(73)65(13)43(29-34(2)3)53(74)66(14)44(30-35(4)5)54(75)67(15)49(36(6)7)55(76)64(12)33-41(70)22-18-17-19-24-68-25-27-69(28-26-68)47-31-46(60-40(11)61-47)62-56-58-32-45(77-56)51(72)63-48-38(9)21-20-23-42(48)57/h20-21,23,31-32,34-37,39,41,43-44,49,70H,16-19,22,24-30,33H2,1-15H3,(H,59,71)(H,63,72)(H,58,60,61,62)/t37-,39-,41-,43+,44+,49+/m1/s1. The molecule has 4 N–H and O–H groups in total. The molecule has 428 valence electrons. The van der Waals surface area contributed by atoms with Gasteiger partial charge in [-0.25, -0.2) is 15.0 Å². The summed E-state index contributed by atoms with van der Waals surface area (Å²) in [6.45, 7) is 25.0. The van der Waals surface area contributed by atoms with E-state index in [2.05, 4.69) is 35.7 Å². The van der Waals surface area contributed by atoms with Crippen LogP contribution in [0.4, 0.5) is 22.5 Å². The van der Waals surface area contributed by atoms with Crippen molar-refractivity contribution in [1.29, 1.82) is 0 Å². The number of amides is 6. The fraction of sp³-hybridized carbons (Fsp3) is 0.661. The highest BCUT2D eigenvalue weighted by Crippen LogP contribution is 2.29. The van der Waals surface area contributed by atoms with Gasteiger partial charge in [0.2, 0.25) is 29.5 Å². The molecule has 1 aromatic carbocycles. The number of halogens is 1. The molecule has 1 aliphatic rings. The lowest BCUT2D eigenvalue weighted by atomic mass is 9.95. The molecule has 77 heavy (non-hydrogen) atoms. The number of aliphatic hydroxyl groups is 1. The van der Waals surface area contributed by atoms with E-state index in [9.17, 15) is 33.9 Å². The number of piperazine rings is 1. The first-order chi connectivity index (χ1) is 36.2. The molecule has 3 aromatic rings. The highest BCUT2D eigenvalue weighted by molar-refractivity contribution is 7.17. The van der Waals surface area contributed by atoms with Crippen LogP contribution in [0.1, 0.15) is 128 Å². The first-order valence-corrected chi connectivity index (χ1v) is 28.6. The molecular formula is C56H89ClN12O7S. The van der Waals surface area contributed by atoms with Crippen LogP contribution in [-0.4, -0.2) is 178 Å². The number of unbranched alkanes of at least 4 members (excludes halogenated alkanes) is 2. The topological polar surface area (TPSA) is 217 Å². The summed E-state index contributed by atoms with van der Waals surface area (Å²) in [5.74, 6) is -0.488. The van der Waals surface area contributed by atoms with Gasteiger partial charge in [0.05, 0.1) is 23.0 Å². The predicted octanol–water partition coefficient (Wildman–Crippen LogP) is 7.48. The average molecular weight is 1110 g/mol. The Kier molecular flexibility index (Phi) is 25.0. The van der Waals surface area contributed by atoms with Crippen molar-refractivity contribution in [2.24, 2.45) is 23.7 Å². The van der Waals surface area contributed by atoms with Crippen molar-refractivity contribution >= 4 is 80.8 Å². The lowest BCUT2D eigenvalue weighted by Gasteiger charge is -2.40. The molecule has 0 spiro atoms. The van der Waals surface area contributed by atoms with Gasteiger partial charge in [-0.3, -0.25) is 33.7 Å². The minimum atomic E-state index is -0.916. The second kappa shape index (κ2) is 30.1. The van der Waals surface area contributed by atoms with E-state index < -0.39 is 42.1 Å². The van der Waals surface area contributed by atoms with Crippen LogP contribution in [0, 0.1) is 37.5 Å². The smallest absolute Gasteiger partial charge is 0.267 e. The number of aromatic nitrogens is 3. The molecule has 1 saturated heterocycles. The van der Waals surface area contributed by atoms with Crippen LogP contribution in [0.5, 0.6) is 0 Å². The molecule has 1 aliphatic heterocycles. The monoisotopic (exact) mass is 1110 g/mol. The molecule has 3 heterocycles. The first kappa shape index (κ1) is 64.1. The van der Waals surface area contributed by atoms with Crippen LogP contribution >= 0.6 is 22.9 Å². The zero-order chi connectivity index (χ0) is 57.4. The number of hydrogen-bond donors (Lipinski definition) is 4. The Labute approximate surface area is 467 Å². The minimum absolute atomic E-state index is 0.0160. The van der Waals surface area contributed by atoms with Gasteiger partial charge in [-0.15, -0.1) is 0 Å². The Morgan fingerprint density at radius 1 is 0.792 bits per heavy atom. The van der Waals surface area contributed by atoms with E-state index in [-0.39, 0.29) is 53.8 Å². The summed E-state index contributed by atoms with van der Waals surface area (Å²) >= 11 is 7.54. The maximum atomic E-state index is 14.6. The van der Waals surface area contributed by atoms with Gasteiger partial charge in [-0.1, -0.05) is 103 Å². The van der Waals surface area contributed by atoms with Crippen LogP contribution < -0.4 is 20.9 Å². The van der Waals surface area contributed by atoms with Crippen LogP contribution in [0.15, 0.2) is 30.5 Å². The van der Waals surface area contributed by atoms with Gasteiger partial charge in [-0.05, 0) is 88.8 Å². The van der Waals surface area contributed by atoms with Gasteiger partial charge in [-0.2, -0.15) is 0 Å². The van der Waals surface area contributed by atoms with Crippen molar-refractivity contribution in [3.05, 3.63) is 51.7 Å². The molecule has 0 radical (unpaired) electrons. The third-order valence-corrected chi connectivity index (χ3v) is 15.6. The number of hydrogen-bond acceptors (Lipinski definition) is 14. The van der Waals surface area contributed by atoms with E-state index in [1.165, 1.54) is 37.1 Å². The number of nitrogens with one attached hydrogen (secondary N) is 3. The van der Waals surface area contributed by atoms with E-state index in [1.54, 1.807) is 48.1 Å². The van der Waals surface area contributed by atoms with E-state index in [4.69, 9.17) is 16.6 Å². The predicted molar refractivity (Wildman–Crippen MR) is 308 cm³/mol. The number of thiazole rings is 1. The van der Waals surface area contributed by atoms with E-state index in [0.717, 1.165) is 63.4 Å². The van der Waals surface area contributed by atoms with Crippen molar-refractivity contribution < 1.29 is 33.9 Å². The molecular weight excluding hydrogens is 1020 g/mol. The van der Waals surface area contributed by atoms with Crippen molar-refractivity contribution in [2.75, 3.05) is 83.0 Å². The molecule has 6 amide bonds. The molecule has 0 unspecified atom stereocenters. The summed E-state index contributed by atoms with van der Waals surface area (Å²) in [6.07, 6.45) is 5.27. The lowest BCUT2D eigenvalue weighted by Crippen LogP contribution is -2.60. The summed E-state index contributed by atoms with van der Waals surface area (Å²) in [7, 11) is 6.41. The fourth-order valence-electron chi connectivity index (χ4n) is 9.57. The average Bonchev–Trinajstić information content (AvgIpc) is 3.85. The van der Waals surface area contributed by atoms with E-state index in [0.29, 0.717) is 58.0 Å². The molecule has 0 bridgehead atoms. The zero-order valence-corrected chi connectivity index (χ0v) is 50.1. The first-order valence-electron chi connectivity index (χ1n) is 27.4. The Morgan fingerprint density at radius 2 is 1.40 bits per heavy atom. The van der Waals surface area contributed by atoms with Gasteiger partial charge in [0.25, 0.3) is 5.91 Å². The number of rotatable bonds is 28. The Hall–Kier alpha value is -5.44. The minimum Gasteiger partial charge on any atom is -0.391 e. The lowest BCUT2D eigenvalue weighted by molar-refractivity contribution is -0.155. The summed E-state index contributed by atoms with van der Waals surface area (Å²) in [5.41, 5.74) is 1.43. The van der Waals surface area contributed by atoms with Crippen LogP contribution in [0.2, 0.25) is 5.02 Å². The number of aryl methyl sites for hydroxylation is 2. The van der Waals surface area contributed by atoms with Crippen LogP contribution in [0.3, 0.4) is 0 Å². The van der Waals surface area contributed by atoms with E-state index in [1.807, 2.05) is 80.5 Å². The van der Waals surface area contributed by atoms with Gasteiger partial charge in [0.15, 0.2) is 5.13 Å². The van der Waals surface area contributed by atoms with Gasteiger partial charge >= 0.3 is 0 Å². The Morgan fingerprint density at radius 3 is 1.99 bits per heavy atom. The Balaban J connectivity index is 1.26. The number of carbonyl (C=O) groups is 6. The Bertz CT molecular complexity index is 2430. The largest absolute Gasteiger partial charge is 0.391 e. The van der Waals surface area contributed by atoms with Crippen molar-refractivity contribution in [2.45, 2.75) is 151 Å². The molecule has 6 atom stereocenters. The SMILES string of the molecule is CC[C@@H](C)C(=O)N[C@H](C)C(=O)N(C)[C@@H](CC(C)C)C(=O)N(C)[C@@H](CC(C)C)C(=O)N(C)[C@H](C(=O)N(C)C[C@H](O)CCCCCN1CCN(c2cc(Nc3ncc(C(=O)Nc4c(C)cccc4Cl)s3)nc(C)n2)CC1)C(C)C. The molecule has 19 nitrogen and oxygen atoms in total. The van der Waals surface area contributed by atoms with Crippen LogP contribution in [-0.2, 0) is 24.0 Å². The quantitative estimate of drug-likeness (QED) is 0.0520.